The van der Waals surface area contributed by atoms with Crippen molar-refractivity contribution >= 4 is 28.0 Å². The zero-order valence-corrected chi connectivity index (χ0v) is 14.8. The number of hydrogen-bond donors (Lipinski definition) is 2. The quantitative estimate of drug-likeness (QED) is 0.714. The molecule has 0 saturated heterocycles. The van der Waals surface area contributed by atoms with Gasteiger partial charge >= 0.3 is 0 Å². The highest BCUT2D eigenvalue weighted by atomic mass is 32.1. The number of nitrogens with zero attached hydrogens (tertiary/aromatic N) is 1. The summed E-state index contributed by atoms with van der Waals surface area (Å²) in [5.74, 6) is 1.01. The van der Waals surface area contributed by atoms with Crippen molar-refractivity contribution in [2.75, 3.05) is 6.54 Å². The first-order valence-corrected chi connectivity index (χ1v) is 9.78. The maximum absolute atomic E-state index is 10.5. The number of rotatable bonds is 8. The first-order valence-electron chi connectivity index (χ1n) is 8.97. The fraction of sp³-hybridized carbons (Fsp3) is 0.579. The lowest BCUT2D eigenvalue weighted by molar-refractivity contribution is -0.110. The van der Waals surface area contributed by atoms with Gasteiger partial charge in [0.05, 0.1) is 21.3 Å². The van der Waals surface area contributed by atoms with E-state index < -0.39 is 6.10 Å². The van der Waals surface area contributed by atoms with Crippen LogP contribution in [0.1, 0.15) is 55.9 Å². The van der Waals surface area contributed by atoms with E-state index in [2.05, 4.69) is 17.4 Å². The van der Waals surface area contributed by atoms with Crippen LogP contribution in [0.25, 0.3) is 10.2 Å². The minimum Gasteiger partial charge on any atom is -0.391 e. The summed E-state index contributed by atoms with van der Waals surface area (Å²) in [5.41, 5.74) is 1.05. The van der Waals surface area contributed by atoms with Crippen LogP contribution in [0.4, 0.5) is 0 Å². The molecule has 1 heterocycles. The number of fused-ring (bicyclic) bond motifs is 1. The Labute approximate surface area is 147 Å². The van der Waals surface area contributed by atoms with Crippen LogP contribution in [-0.4, -0.2) is 29.1 Å². The summed E-state index contributed by atoms with van der Waals surface area (Å²) in [4.78, 5) is 15.3. The lowest BCUT2D eigenvalue weighted by Crippen LogP contribution is -2.27. The van der Waals surface area contributed by atoms with Crippen LogP contribution in [-0.2, 0) is 4.79 Å². The molecule has 0 bridgehead atoms. The minimum atomic E-state index is -0.518. The highest BCUT2D eigenvalue weighted by molar-refractivity contribution is 7.18. The van der Waals surface area contributed by atoms with Crippen LogP contribution in [0.15, 0.2) is 24.3 Å². The highest BCUT2D eigenvalue weighted by Crippen LogP contribution is 2.38. The minimum absolute atomic E-state index is 0.272. The summed E-state index contributed by atoms with van der Waals surface area (Å²) in [7, 11) is 0. The number of nitrogens with one attached hydrogen (secondary N) is 1. The van der Waals surface area contributed by atoms with Crippen molar-refractivity contribution in [1.29, 1.82) is 0 Å². The standard InChI is InChI=1S/C19H26N2O2S/c22-13-20-12-16(23)11-15(10-14-6-2-1-3-7-14)19-21-17-8-4-5-9-18(17)24-19/h4-5,8-9,13-16,23H,1-3,6-7,10-12H2,(H,20,22). The molecule has 1 aromatic heterocycles. The Hall–Kier alpha value is -1.46. The number of hydrogen-bond acceptors (Lipinski definition) is 4. The largest absolute Gasteiger partial charge is 0.391 e. The molecule has 5 heteroatoms. The zero-order valence-electron chi connectivity index (χ0n) is 14.0. The summed E-state index contributed by atoms with van der Waals surface area (Å²) in [6.45, 7) is 0.315. The van der Waals surface area contributed by atoms with Crippen LogP contribution >= 0.6 is 11.3 Å². The molecular weight excluding hydrogens is 320 g/mol. The van der Waals surface area contributed by atoms with Gasteiger partial charge in [-0.3, -0.25) is 4.79 Å². The molecule has 2 aromatic rings. The molecule has 2 unspecified atom stereocenters. The molecule has 130 valence electrons. The van der Waals surface area contributed by atoms with Crippen molar-refractivity contribution in [1.82, 2.24) is 10.3 Å². The van der Waals surface area contributed by atoms with Gasteiger partial charge in [-0.05, 0) is 30.9 Å². The predicted molar refractivity (Wildman–Crippen MR) is 98.2 cm³/mol. The lowest BCUT2D eigenvalue weighted by atomic mass is 9.81. The van der Waals surface area contributed by atoms with Gasteiger partial charge in [0.1, 0.15) is 0 Å². The van der Waals surface area contributed by atoms with Gasteiger partial charge in [-0.1, -0.05) is 44.2 Å². The van der Waals surface area contributed by atoms with E-state index in [1.807, 2.05) is 12.1 Å². The van der Waals surface area contributed by atoms with Crippen LogP contribution in [0.2, 0.25) is 0 Å². The van der Waals surface area contributed by atoms with Gasteiger partial charge in [0.25, 0.3) is 0 Å². The zero-order chi connectivity index (χ0) is 16.8. The Morgan fingerprint density at radius 2 is 2.08 bits per heavy atom. The van der Waals surface area contributed by atoms with Gasteiger partial charge < -0.3 is 10.4 Å². The van der Waals surface area contributed by atoms with E-state index >= 15 is 0 Å². The molecule has 2 N–H and O–H groups in total. The second kappa shape index (κ2) is 8.58. The average Bonchev–Trinajstić information content (AvgIpc) is 3.04. The topological polar surface area (TPSA) is 62.2 Å². The Morgan fingerprint density at radius 3 is 2.83 bits per heavy atom. The molecule has 1 fully saturated rings. The number of para-hydroxylation sites is 1. The van der Waals surface area contributed by atoms with E-state index in [9.17, 15) is 9.90 Å². The van der Waals surface area contributed by atoms with Crippen molar-refractivity contribution in [3.05, 3.63) is 29.3 Å². The maximum Gasteiger partial charge on any atom is 0.207 e. The molecule has 2 atom stereocenters. The van der Waals surface area contributed by atoms with Crippen molar-refractivity contribution in [3.63, 3.8) is 0 Å². The van der Waals surface area contributed by atoms with Gasteiger partial charge in [-0.15, -0.1) is 11.3 Å². The smallest absolute Gasteiger partial charge is 0.207 e. The first-order chi connectivity index (χ1) is 11.8. The third-order valence-electron chi connectivity index (χ3n) is 5.00. The van der Waals surface area contributed by atoms with Crippen LogP contribution in [0.5, 0.6) is 0 Å². The summed E-state index contributed by atoms with van der Waals surface area (Å²) in [6, 6.07) is 8.23. The molecule has 3 rings (SSSR count). The molecular formula is C19H26N2O2S. The molecule has 0 aliphatic heterocycles. The SMILES string of the molecule is O=CNCC(O)CC(CC1CCCCC1)c1nc2ccccc2s1. The second-order valence-electron chi connectivity index (χ2n) is 6.87. The Morgan fingerprint density at radius 1 is 1.29 bits per heavy atom. The number of thiazole rings is 1. The number of carbonyl (C=O) groups is 1. The van der Waals surface area contributed by atoms with Crippen LogP contribution in [0, 0.1) is 5.92 Å². The highest BCUT2D eigenvalue weighted by Gasteiger charge is 2.25. The lowest BCUT2D eigenvalue weighted by Gasteiger charge is -2.26. The number of aliphatic hydroxyl groups excluding tert-OH is 1. The number of aliphatic hydroxyl groups is 1. The molecule has 24 heavy (non-hydrogen) atoms. The average molecular weight is 346 g/mol. The molecule has 1 aliphatic rings. The van der Waals surface area contributed by atoms with E-state index in [1.54, 1.807) is 11.3 Å². The molecule has 0 spiro atoms. The predicted octanol–water partition coefficient (Wildman–Crippen LogP) is 3.85. The van der Waals surface area contributed by atoms with E-state index in [1.165, 1.54) is 36.8 Å². The molecule has 0 radical (unpaired) electrons. The fourth-order valence-corrected chi connectivity index (χ4v) is 4.88. The van der Waals surface area contributed by atoms with Crippen LogP contribution < -0.4 is 5.32 Å². The van der Waals surface area contributed by atoms with E-state index in [4.69, 9.17) is 4.98 Å². The Balaban J connectivity index is 1.75. The van der Waals surface area contributed by atoms with E-state index in [0.717, 1.165) is 22.9 Å². The second-order valence-corrected chi connectivity index (χ2v) is 7.93. The third kappa shape index (κ3) is 4.54. The summed E-state index contributed by atoms with van der Waals surface area (Å²) in [5, 5.41) is 14.0. The number of aromatic nitrogens is 1. The Bertz CT molecular complexity index is 619. The maximum atomic E-state index is 10.5. The molecule has 1 saturated carbocycles. The number of carbonyl (C=O) groups excluding carboxylic acids is 1. The normalized spacial score (nSPS) is 18.4. The van der Waals surface area contributed by atoms with Crippen LogP contribution in [0.3, 0.4) is 0 Å². The van der Waals surface area contributed by atoms with Gasteiger partial charge in [-0.2, -0.15) is 0 Å². The molecule has 1 aliphatic carbocycles. The van der Waals surface area contributed by atoms with Crippen molar-refractivity contribution in [2.24, 2.45) is 5.92 Å². The molecule has 4 nitrogen and oxygen atoms in total. The summed E-state index contributed by atoms with van der Waals surface area (Å²) < 4.78 is 1.21. The van der Waals surface area contributed by atoms with Crippen molar-refractivity contribution in [2.45, 2.75) is 57.0 Å². The van der Waals surface area contributed by atoms with Crippen molar-refractivity contribution in [3.8, 4) is 0 Å². The fourth-order valence-electron chi connectivity index (χ4n) is 3.78. The summed E-state index contributed by atoms with van der Waals surface area (Å²) in [6.07, 6.45) is 8.49. The Kier molecular flexibility index (Phi) is 6.21. The first kappa shape index (κ1) is 17.4. The van der Waals surface area contributed by atoms with Gasteiger partial charge in [0, 0.05) is 12.5 Å². The summed E-state index contributed by atoms with van der Waals surface area (Å²) >= 11 is 1.75. The third-order valence-corrected chi connectivity index (χ3v) is 6.19. The number of amides is 1. The monoisotopic (exact) mass is 346 g/mol. The molecule has 1 aromatic carbocycles. The number of benzene rings is 1. The van der Waals surface area contributed by atoms with E-state index in [0.29, 0.717) is 19.4 Å². The van der Waals surface area contributed by atoms with Gasteiger partial charge in [0.15, 0.2) is 0 Å². The van der Waals surface area contributed by atoms with Gasteiger partial charge in [-0.25, -0.2) is 4.98 Å². The van der Waals surface area contributed by atoms with E-state index in [-0.39, 0.29) is 5.92 Å². The van der Waals surface area contributed by atoms with Crippen molar-refractivity contribution < 1.29 is 9.90 Å². The van der Waals surface area contributed by atoms with Gasteiger partial charge in [0.2, 0.25) is 6.41 Å². The molecule has 1 amide bonds.